The van der Waals surface area contributed by atoms with Gasteiger partial charge in [0.15, 0.2) is 0 Å². The summed E-state index contributed by atoms with van der Waals surface area (Å²) in [6.07, 6.45) is -3.80. The Labute approximate surface area is 275 Å². The van der Waals surface area contributed by atoms with Crippen LogP contribution in [0.2, 0.25) is 0 Å². The molecule has 6 N–H and O–H groups in total. The molecule has 1 aliphatic carbocycles. The van der Waals surface area contributed by atoms with Crippen molar-refractivity contribution >= 4 is 0 Å². The SMILES string of the molecule is OC1[C@@](O)(Cc2ccccc2)[C@](O)(Cc2ccccc2)C(O)(Cc2ccccc2)[C@@](O)(Cc2ccccc2)[C@]1(O)Cc1ccccc1. The summed E-state index contributed by atoms with van der Waals surface area (Å²) in [5.74, 6) is 0. The second-order valence-corrected chi connectivity index (χ2v) is 13.1. The number of hydrogen-bond acceptors (Lipinski definition) is 6. The van der Waals surface area contributed by atoms with Crippen LogP contribution in [-0.2, 0) is 32.1 Å². The minimum absolute atomic E-state index is 0.325. The molecule has 1 aliphatic rings. The first kappa shape index (κ1) is 32.8. The Morgan fingerprint density at radius 2 is 0.532 bits per heavy atom. The van der Waals surface area contributed by atoms with E-state index in [1.807, 2.05) is 30.3 Å². The van der Waals surface area contributed by atoms with E-state index in [2.05, 4.69) is 0 Å². The van der Waals surface area contributed by atoms with Crippen LogP contribution in [0.5, 0.6) is 0 Å². The van der Waals surface area contributed by atoms with E-state index in [1.54, 1.807) is 121 Å². The van der Waals surface area contributed by atoms with E-state index in [0.717, 1.165) is 0 Å². The zero-order chi connectivity index (χ0) is 33.2. The Kier molecular flexibility index (Phi) is 8.94. The van der Waals surface area contributed by atoms with Crippen LogP contribution in [0.4, 0.5) is 0 Å². The molecule has 5 aromatic carbocycles. The van der Waals surface area contributed by atoms with Gasteiger partial charge in [-0.3, -0.25) is 0 Å². The Bertz CT molecular complexity index is 1630. The van der Waals surface area contributed by atoms with Gasteiger partial charge in [0.25, 0.3) is 0 Å². The van der Waals surface area contributed by atoms with Gasteiger partial charge in [-0.1, -0.05) is 152 Å². The highest BCUT2D eigenvalue weighted by molar-refractivity contribution is 5.42. The van der Waals surface area contributed by atoms with Gasteiger partial charge in [-0.15, -0.1) is 0 Å². The molecule has 0 heterocycles. The minimum Gasteiger partial charge on any atom is -0.387 e. The molecule has 5 aromatic rings. The molecule has 1 saturated carbocycles. The van der Waals surface area contributed by atoms with Crippen LogP contribution in [-0.4, -0.2) is 64.7 Å². The molecule has 4 atom stereocenters. The molecule has 0 amide bonds. The Morgan fingerprint density at radius 1 is 0.319 bits per heavy atom. The molecule has 1 fully saturated rings. The van der Waals surface area contributed by atoms with Crippen LogP contribution >= 0.6 is 0 Å². The van der Waals surface area contributed by atoms with Gasteiger partial charge in [0.05, 0.1) is 0 Å². The maximum absolute atomic E-state index is 13.5. The molecule has 242 valence electrons. The average Bonchev–Trinajstić information content (AvgIpc) is 3.09. The topological polar surface area (TPSA) is 121 Å². The highest BCUT2D eigenvalue weighted by atomic mass is 16.5. The summed E-state index contributed by atoms with van der Waals surface area (Å²) in [5.41, 5.74) is -10.2. The standard InChI is InChI=1S/C41H42O6/c42-36-37(43,26-31-16-6-1-7-17-31)39(45,28-33-20-10-3-11-21-33)41(47,30-35-24-14-5-15-25-35)40(46,29-34-22-12-4-13-23-34)38(36,44)27-32-18-8-2-9-19-32/h1-25,36,42-47H,26-30H2/t36?,37-,38-,39+,40+,41?/m0/s1. The predicted molar refractivity (Wildman–Crippen MR) is 181 cm³/mol. The summed E-state index contributed by atoms with van der Waals surface area (Å²) in [6.45, 7) is 0. The van der Waals surface area contributed by atoms with Crippen LogP contribution in [0.3, 0.4) is 0 Å². The molecule has 0 spiro atoms. The average molecular weight is 631 g/mol. The highest BCUT2D eigenvalue weighted by Gasteiger charge is 2.82. The van der Waals surface area contributed by atoms with E-state index in [-0.39, 0.29) is 32.1 Å². The van der Waals surface area contributed by atoms with Gasteiger partial charge in [-0.2, -0.15) is 0 Å². The molecule has 0 saturated heterocycles. The molecule has 6 nitrogen and oxygen atoms in total. The van der Waals surface area contributed by atoms with Gasteiger partial charge >= 0.3 is 0 Å². The molecule has 6 rings (SSSR count). The van der Waals surface area contributed by atoms with Crippen molar-refractivity contribution in [1.82, 2.24) is 0 Å². The molecule has 0 aliphatic heterocycles. The number of rotatable bonds is 10. The van der Waals surface area contributed by atoms with E-state index in [0.29, 0.717) is 27.8 Å². The maximum atomic E-state index is 13.5. The van der Waals surface area contributed by atoms with Crippen molar-refractivity contribution in [2.45, 2.75) is 66.2 Å². The lowest BCUT2D eigenvalue weighted by molar-refractivity contribution is -0.408. The number of aliphatic hydroxyl groups is 6. The predicted octanol–water partition coefficient (Wildman–Crippen LogP) is 4.23. The fourth-order valence-electron chi connectivity index (χ4n) is 7.77. The monoisotopic (exact) mass is 630 g/mol. The van der Waals surface area contributed by atoms with E-state index in [1.165, 1.54) is 0 Å². The summed E-state index contributed by atoms with van der Waals surface area (Å²) in [6, 6.07) is 44.5. The Morgan fingerprint density at radius 3 is 0.787 bits per heavy atom. The molecule has 6 heteroatoms. The highest BCUT2D eigenvalue weighted by Crippen LogP contribution is 2.59. The van der Waals surface area contributed by atoms with E-state index < -0.39 is 34.1 Å². The van der Waals surface area contributed by atoms with Gasteiger partial charge < -0.3 is 30.6 Å². The van der Waals surface area contributed by atoms with Gasteiger partial charge in [-0.25, -0.2) is 0 Å². The van der Waals surface area contributed by atoms with Crippen LogP contribution in [0, 0.1) is 0 Å². The lowest BCUT2D eigenvalue weighted by atomic mass is 9.44. The maximum Gasteiger partial charge on any atom is 0.132 e. The first-order chi connectivity index (χ1) is 22.5. The van der Waals surface area contributed by atoms with Gasteiger partial charge in [-0.05, 0) is 27.8 Å². The zero-order valence-corrected chi connectivity index (χ0v) is 26.2. The molecular weight excluding hydrogens is 588 g/mol. The van der Waals surface area contributed by atoms with Crippen molar-refractivity contribution in [1.29, 1.82) is 0 Å². The van der Waals surface area contributed by atoms with Crippen molar-refractivity contribution < 1.29 is 30.6 Å². The van der Waals surface area contributed by atoms with Gasteiger partial charge in [0, 0.05) is 32.1 Å². The third-order valence-corrected chi connectivity index (χ3v) is 10.2. The lowest BCUT2D eigenvalue weighted by Crippen LogP contribution is -2.93. The van der Waals surface area contributed by atoms with Crippen molar-refractivity contribution in [3.63, 3.8) is 0 Å². The van der Waals surface area contributed by atoms with Crippen LogP contribution in [0.1, 0.15) is 27.8 Å². The van der Waals surface area contributed by atoms with Crippen LogP contribution < -0.4 is 0 Å². The van der Waals surface area contributed by atoms with Crippen molar-refractivity contribution in [3.05, 3.63) is 179 Å². The summed E-state index contributed by atoms with van der Waals surface area (Å²) < 4.78 is 0. The van der Waals surface area contributed by atoms with Crippen molar-refractivity contribution in [3.8, 4) is 0 Å². The normalized spacial score (nSPS) is 30.6. The fourth-order valence-corrected chi connectivity index (χ4v) is 7.77. The smallest absolute Gasteiger partial charge is 0.132 e. The van der Waals surface area contributed by atoms with Crippen molar-refractivity contribution in [2.24, 2.45) is 0 Å². The van der Waals surface area contributed by atoms with E-state index >= 15 is 0 Å². The van der Waals surface area contributed by atoms with Crippen molar-refractivity contribution in [2.75, 3.05) is 0 Å². The summed E-state index contributed by atoms with van der Waals surface area (Å²) in [4.78, 5) is 0. The lowest BCUT2D eigenvalue weighted by Gasteiger charge is -2.69. The second kappa shape index (κ2) is 12.8. The number of hydrogen-bond donors (Lipinski definition) is 6. The molecule has 0 radical (unpaired) electrons. The first-order valence-electron chi connectivity index (χ1n) is 16.0. The summed E-state index contributed by atoms with van der Waals surface area (Å²) in [7, 11) is 0. The third kappa shape index (κ3) is 5.61. The molecule has 0 bridgehead atoms. The third-order valence-electron chi connectivity index (χ3n) is 10.2. The van der Waals surface area contributed by atoms with E-state index in [9.17, 15) is 30.6 Å². The molecule has 0 aromatic heterocycles. The quantitative estimate of drug-likeness (QED) is 0.137. The second-order valence-electron chi connectivity index (χ2n) is 13.1. The van der Waals surface area contributed by atoms with E-state index in [4.69, 9.17) is 0 Å². The fraction of sp³-hybridized carbons (Fsp3) is 0.268. The number of aliphatic hydroxyl groups excluding tert-OH is 1. The minimum atomic E-state index is -2.64. The number of benzene rings is 5. The van der Waals surface area contributed by atoms with Gasteiger partial charge in [0.1, 0.15) is 34.1 Å². The van der Waals surface area contributed by atoms with Gasteiger partial charge in [0.2, 0.25) is 0 Å². The summed E-state index contributed by atoms with van der Waals surface area (Å²) >= 11 is 0. The summed E-state index contributed by atoms with van der Waals surface area (Å²) in [5, 5.41) is 78.9. The Hall–Kier alpha value is -4.14. The Balaban J connectivity index is 1.67. The van der Waals surface area contributed by atoms with Crippen LogP contribution in [0.25, 0.3) is 0 Å². The zero-order valence-electron chi connectivity index (χ0n) is 26.2. The first-order valence-corrected chi connectivity index (χ1v) is 16.0. The molecule has 47 heavy (non-hydrogen) atoms. The largest absolute Gasteiger partial charge is 0.387 e. The molecule has 0 unspecified atom stereocenters. The van der Waals surface area contributed by atoms with Crippen LogP contribution in [0.15, 0.2) is 152 Å². The molecular formula is C41H42O6.